The van der Waals surface area contributed by atoms with Crippen LogP contribution >= 0.6 is 0 Å². The van der Waals surface area contributed by atoms with Gasteiger partial charge in [-0.25, -0.2) is 4.68 Å². The van der Waals surface area contributed by atoms with Crippen LogP contribution in [0.15, 0.2) is 6.20 Å². The van der Waals surface area contributed by atoms with E-state index in [-0.39, 0.29) is 12.5 Å². The van der Waals surface area contributed by atoms with Gasteiger partial charge in [0, 0.05) is 25.2 Å². The van der Waals surface area contributed by atoms with Gasteiger partial charge in [0.1, 0.15) is 6.54 Å². The van der Waals surface area contributed by atoms with Crippen molar-refractivity contribution in [3.8, 4) is 0 Å². The fourth-order valence-corrected chi connectivity index (χ4v) is 2.60. The van der Waals surface area contributed by atoms with Gasteiger partial charge >= 0.3 is 5.97 Å². The smallest absolute Gasteiger partial charge is 0.308 e. The summed E-state index contributed by atoms with van der Waals surface area (Å²) in [6.07, 6.45) is 5.52. The summed E-state index contributed by atoms with van der Waals surface area (Å²) in [5.41, 5.74) is 0.958. The number of rotatable bonds is 4. The Labute approximate surface area is 116 Å². The van der Waals surface area contributed by atoms with E-state index in [1.807, 2.05) is 6.20 Å². The first kappa shape index (κ1) is 13.1. The van der Waals surface area contributed by atoms with E-state index in [9.17, 15) is 9.59 Å². The van der Waals surface area contributed by atoms with Crippen LogP contribution in [0.25, 0.3) is 0 Å². The molecule has 20 heavy (non-hydrogen) atoms. The Morgan fingerprint density at radius 2 is 2.15 bits per heavy atom. The zero-order valence-electron chi connectivity index (χ0n) is 11.2. The van der Waals surface area contributed by atoms with Gasteiger partial charge in [-0.3, -0.25) is 9.59 Å². The SMILES string of the molecule is O=C(O)[C@@H]1CCCN(C(=O)Cn2cc(C3CC3)nn2)C1. The van der Waals surface area contributed by atoms with Crippen LogP contribution in [-0.4, -0.2) is 50.0 Å². The van der Waals surface area contributed by atoms with Gasteiger partial charge in [0.2, 0.25) is 5.91 Å². The maximum Gasteiger partial charge on any atom is 0.308 e. The van der Waals surface area contributed by atoms with Gasteiger partial charge in [-0.2, -0.15) is 0 Å². The lowest BCUT2D eigenvalue weighted by Crippen LogP contribution is -2.43. The van der Waals surface area contributed by atoms with Crippen LogP contribution in [0.5, 0.6) is 0 Å². The van der Waals surface area contributed by atoms with E-state index in [1.54, 1.807) is 9.58 Å². The zero-order chi connectivity index (χ0) is 14.1. The lowest BCUT2D eigenvalue weighted by Gasteiger charge is -2.30. The number of aliphatic carboxylic acids is 1. The molecule has 1 aliphatic heterocycles. The molecule has 1 aromatic heterocycles. The quantitative estimate of drug-likeness (QED) is 0.865. The third-order valence-corrected chi connectivity index (χ3v) is 3.97. The molecule has 108 valence electrons. The molecule has 0 unspecified atom stereocenters. The first-order valence-electron chi connectivity index (χ1n) is 7.04. The second kappa shape index (κ2) is 5.22. The number of amides is 1. The van der Waals surface area contributed by atoms with Crippen molar-refractivity contribution in [2.75, 3.05) is 13.1 Å². The standard InChI is InChI=1S/C13H18N4O3/c18-12(16-5-1-2-10(6-16)13(19)20)8-17-7-11(14-15-17)9-3-4-9/h7,9-10H,1-6,8H2,(H,19,20)/t10-/m1/s1. The number of hydrogen-bond donors (Lipinski definition) is 1. The molecule has 1 aromatic rings. The number of carboxylic acid groups (broad SMARTS) is 1. The summed E-state index contributed by atoms with van der Waals surface area (Å²) in [4.78, 5) is 24.8. The predicted octanol–water partition coefficient (Wildman–Crippen LogP) is 0.479. The summed E-state index contributed by atoms with van der Waals surface area (Å²) in [5, 5.41) is 17.1. The fraction of sp³-hybridized carbons (Fsp3) is 0.692. The molecule has 1 saturated heterocycles. The number of nitrogens with zero attached hydrogens (tertiary/aromatic N) is 4. The highest BCUT2D eigenvalue weighted by Gasteiger charge is 2.29. The number of hydrogen-bond acceptors (Lipinski definition) is 4. The summed E-state index contributed by atoms with van der Waals surface area (Å²) in [5.74, 6) is -0.821. The largest absolute Gasteiger partial charge is 0.481 e. The van der Waals surface area contributed by atoms with Crippen LogP contribution in [0.1, 0.15) is 37.3 Å². The number of carboxylic acids is 1. The Morgan fingerprint density at radius 1 is 1.35 bits per heavy atom. The van der Waals surface area contributed by atoms with Crippen molar-refractivity contribution in [3.63, 3.8) is 0 Å². The van der Waals surface area contributed by atoms with Crippen LogP contribution in [0.2, 0.25) is 0 Å². The number of aromatic nitrogens is 3. The first-order valence-corrected chi connectivity index (χ1v) is 7.04. The number of carbonyl (C=O) groups is 2. The summed E-state index contributed by atoms with van der Waals surface area (Å²) >= 11 is 0. The molecule has 3 rings (SSSR count). The maximum absolute atomic E-state index is 12.2. The van der Waals surface area contributed by atoms with Gasteiger partial charge < -0.3 is 10.0 Å². The van der Waals surface area contributed by atoms with Gasteiger partial charge in [0.05, 0.1) is 11.6 Å². The van der Waals surface area contributed by atoms with Crippen LogP contribution in [0.3, 0.4) is 0 Å². The van der Waals surface area contributed by atoms with Crippen LogP contribution in [0, 0.1) is 5.92 Å². The molecule has 2 fully saturated rings. The van der Waals surface area contributed by atoms with Gasteiger partial charge in [0.25, 0.3) is 0 Å². The Bertz CT molecular complexity index is 523. The second-order valence-electron chi connectivity index (χ2n) is 5.63. The van der Waals surface area contributed by atoms with E-state index >= 15 is 0 Å². The van der Waals surface area contributed by atoms with E-state index in [4.69, 9.17) is 5.11 Å². The van der Waals surface area contributed by atoms with Crippen LogP contribution in [0.4, 0.5) is 0 Å². The predicted molar refractivity (Wildman–Crippen MR) is 68.9 cm³/mol. The average molecular weight is 278 g/mol. The molecular formula is C13H18N4O3. The number of piperidine rings is 1. The van der Waals surface area contributed by atoms with Gasteiger partial charge in [0.15, 0.2) is 0 Å². The molecule has 1 amide bonds. The third kappa shape index (κ3) is 2.81. The van der Waals surface area contributed by atoms with E-state index < -0.39 is 11.9 Å². The topological polar surface area (TPSA) is 88.3 Å². The van der Waals surface area contributed by atoms with Crippen molar-refractivity contribution in [3.05, 3.63) is 11.9 Å². The van der Waals surface area contributed by atoms with Gasteiger partial charge in [-0.1, -0.05) is 5.21 Å². The molecular weight excluding hydrogens is 260 g/mol. The Morgan fingerprint density at radius 3 is 2.85 bits per heavy atom. The number of carbonyl (C=O) groups excluding carboxylic acids is 1. The second-order valence-corrected chi connectivity index (χ2v) is 5.63. The lowest BCUT2D eigenvalue weighted by atomic mass is 9.98. The van der Waals surface area contributed by atoms with Crippen molar-refractivity contribution in [2.45, 2.75) is 38.1 Å². The molecule has 1 atom stereocenters. The fourth-order valence-electron chi connectivity index (χ4n) is 2.60. The Hall–Kier alpha value is -1.92. The molecule has 1 N–H and O–H groups in total. The van der Waals surface area contributed by atoms with Crippen molar-refractivity contribution < 1.29 is 14.7 Å². The lowest BCUT2D eigenvalue weighted by molar-refractivity contribution is -0.145. The van der Waals surface area contributed by atoms with E-state index in [1.165, 1.54) is 0 Å². The molecule has 0 bridgehead atoms. The first-order chi connectivity index (χ1) is 9.63. The van der Waals surface area contributed by atoms with Crippen molar-refractivity contribution >= 4 is 11.9 Å². The molecule has 1 saturated carbocycles. The molecule has 1 aliphatic carbocycles. The minimum absolute atomic E-state index is 0.0804. The van der Waals surface area contributed by atoms with Crippen molar-refractivity contribution in [2.24, 2.45) is 5.92 Å². The van der Waals surface area contributed by atoms with Crippen LogP contribution < -0.4 is 0 Å². The normalized spacial score (nSPS) is 22.8. The Balaban J connectivity index is 1.58. The van der Waals surface area contributed by atoms with Crippen LogP contribution in [-0.2, 0) is 16.1 Å². The van der Waals surface area contributed by atoms with Gasteiger partial charge in [-0.15, -0.1) is 5.10 Å². The van der Waals surface area contributed by atoms with Crippen molar-refractivity contribution in [1.82, 2.24) is 19.9 Å². The van der Waals surface area contributed by atoms with E-state index in [2.05, 4.69) is 10.3 Å². The summed E-state index contributed by atoms with van der Waals surface area (Å²) in [6, 6.07) is 0. The third-order valence-electron chi connectivity index (χ3n) is 3.97. The maximum atomic E-state index is 12.2. The average Bonchev–Trinajstić information content (AvgIpc) is 3.20. The number of likely N-dealkylation sites (tertiary alicyclic amines) is 1. The summed E-state index contributed by atoms with van der Waals surface area (Å²) < 4.78 is 1.56. The molecule has 0 spiro atoms. The molecule has 2 aliphatic rings. The summed E-state index contributed by atoms with van der Waals surface area (Å²) in [6.45, 7) is 1.08. The minimum Gasteiger partial charge on any atom is -0.481 e. The van der Waals surface area contributed by atoms with E-state index in [0.717, 1.165) is 25.0 Å². The van der Waals surface area contributed by atoms with Gasteiger partial charge in [-0.05, 0) is 25.7 Å². The van der Waals surface area contributed by atoms with E-state index in [0.29, 0.717) is 25.4 Å². The molecule has 0 radical (unpaired) electrons. The molecule has 2 heterocycles. The minimum atomic E-state index is -0.820. The molecule has 7 nitrogen and oxygen atoms in total. The highest BCUT2D eigenvalue weighted by molar-refractivity contribution is 5.77. The monoisotopic (exact) mass is 278 g/mol. The van der Waals surface area contributed by atoms with Crippen molar-refractivity contribution in [1.29, 1.82) is 0 Å². The Kier molecular flexibility index (Phi) is 3.42. The molecule has 0 aromatic carbocycles. The highest BCUT2D eigenvalue weighted by atomic mass is 16.4. The summed E-state index contributed by atoms with van der Waals surface area (Å²) in [7, 11) is 0. The zero-order valence-corrected chi connectivity index (χ0v) is 11.2. The molecule has 7 heteroatoms. The highest BCUT2D eigenvalue weighted by Crippen LogP contribution is 2.38.